The molecule has 14 heavy (non-hydrogen) atoms. The number of benzene rings is 1. The number of hydrogen-bond acceptors (Lipinski definition) is 1. The Balaban J connectivity index is 2.33. The molecule has 0 radical (unpaired) electrons. The van der Waals surface area contributed by atoms with E-state index in [9.17, 15) is 0 Å². The largest absolute Gasteiger partial charge is 0.377 e. The molecule has 1 aromatic carbocycles. The maximum Gasteiger partial charge on any atom is 0.0356 e. The van der Waals surface area contributed by atoms with E-state index < -0.39 is 0 Å². The van der Waals surface area contributed by atoms with E-state index in [1.54, 1.807) is 0 Å². The van der Waals surface area contributed by atoms with Crippen molar-refractivity contribution in [1.29, 1.82) is 0 Å². The van der Waals surface area contributed by atoms with Crippen molar-refractivity contribution in [3.05, 3.63) is 47.7 Å². The van der Waals surface area contributed by atoms with Gasteiger partial charge in [-0.05, 0) is 31.2 Å². The molecule has 0 fully saturated rings. The van der Waals surface area contributed by atoms with Crippen LogP contribution >= 0.6 is 0 Å². The third kappa shape index (κ3) is 1.43. The van der Waals surface area contributed by atoms with Crippen LogP contribution in [0.25, 0.3) is 0 Å². The normalized spacial score (nSPS) is 25.8. The number of aryl methyl sites for hydroxylation is 1. The van der Waals surface area contributed by atoms with Crippen molar-refractivity contribution in [2.75, 3.05) is 7.05 Å². The summed E-state index contributed by atoms with van der Waals surface area (Å²) in [4.78, 5) is 2.27. The Hall–Kier alpha value is -1.24. The second kappa shape index (κ2) is 3.49. The van der Waals surface area contributed by atoms with Crippen LogP contribution in [0.1, 0.15) is 24.0 Å². The molecule has 1 nitrogen and oxygen atoms in total. The second-order valence-electron chi connectivity index (χ2n) is 4.13. The Morgan fingerprint density at radius 2 is 1.93 bits per heavy atom. The van der Waals surface area contributed by atoms with Gasteiger partial charge in [-0.25, -0.2) is 0 Å². The molecule has 0 spiro atoms. The van der Waals surface area contributed by atoms with E-state index in [1.807, 2.05) is 0 Å². The van der Waals surface area contributed by atoms with Gasteiger partial charge in [0.25, 0.3) is 0 Å². The van der Waals surface area contributed by atoms with E-state index in [4.69, 9.17) is 0 Å². The zero-order valence-electron chi connectivity index (χ0n) is 9.07. The molecule has 0 saturated carbocycles. The van der Waals surface area contributed by atoms with Gasteiger partial charge in [0, 0.05) is 19.0 Å². The molecule has 0 aliphatic carbocycles. The van der Waals surface area contributed by atoms with Gasteiger partial charge in [-0.2, -0.15) is 0 Å². The molecule has 0 amide bonds. The van der Waals surface area contributed by atoms with Gasteiger partial charge in [-0.3, -0.25) is 0 Å². The first-order valence-corrected chi connectivity index (χ1v) is 5.16. The van der Waals surface area contributed by atoms with Crippen molar-refractivity contribution in [2.24, 2.45) is 0 Å². The summed E-state index contributed by atoms with van der Waals surface area (Å²) in [5, 5.41) is 0. The van der Waals surface area contributed by atoms with E-state index in [1.165, 1.54) is 11.1 Å². The SMILES string of the molecule is Cc1ccccc1C1C=CN(C)[C@@H]1C. The van der Waals surface area contributed by atoms with Gasteiger partial charge >= 0.3 is 0 Å². The van der Waals surface area contributed by atoms with Crippen molar-refractivity contribution >= 4 is 0 Å². The predicted octanol–water partition coefficient (Wildman–Crippen LogP) is 2.93. The zero-order chi connectivity index (χ0) is 10.1. The highest BCUT2D eigenvalue weighted by molar-refractivity contribution is 5.34. The molecule has 2 rings (SSSR count). The molecule has 1 aliphatic heterocycles. The van der Waals surface area contributed by atoms with Crippen LogP contribution in [0.2, 0.25) is 0 Å². The van der Waals surface area contributed by atoms with Crippen LogP contribution in [0, 0.1) is 6.92 Å². The summed E-state index contributed by atoms with van der Waals surface area (Å²) in [6.45, 7) is 4.46. The fourth-order valence-electron chi connectivity index (χ4n) is 2.10. The Kier molecular flexibility index (Phi) is 2.32. The maximum atomic E-state index is 2.30. The first-order valence-electron chi connectivity index (χ1n) is 5.16. The summed E-state index contributed by atoms with van der Waals surface area (Å²) in [6.07, 6.45) is 4.48. The Labute approximate surface area is 86.1 Å². The summed E-state index contributed by atoms with van der Waals surface area (Å²) >= 11 is 0. The first-order chi connectivity index (χ1) is 6.70. The highest BCUT2D eigenvalue weighted by Crippen LogP contribution is 2.31. The Morgan fingerprint density at radius 3 is 2.50 bits per heavy atom. The lowest BCUT2D eigenvalue weighted by atomic mass is 9.91. The Morgan fingerprint density at radius 1 is 1.21 bits per heavy atom. The second-order valence-corrected chi connectivity index (χ2v) is 4.13. The summed E-state index contributed by atoms with van der Waals surface area (Å²) in [7, 11) is 2.14. The van der Waals surface area contributed by atoms with E-state index >= 15 is 0 Å². The van der Waals surface area contributed by atoms with Crippen LogP contribution in [0.5, 0.6) is 0 Å². The number of nitrogens with zero attached hydrogens (tertiary/aromatic N) is 1. The van der Waals surface area contributed by atoms with Crippen LogP contribution in [-0.2, 0) is 0 Å². The molecule has 1 unspecified atom stereocenters. The summed E-state index contributed by atoms with van der Waals surface area (Å²) in [5.74, 6) is 0.557. The lowest BCUT2D eigenvalue weighted by Gasteiger charge is -2.23. The monoisotopic (exact) mass is 187 g/mol. The zero-order valence-corrected chi connectivity index (χ0v) is 9.07. The smallest absolute Gasteiger partial charge is 0.0356 e. The lowest BCUT2D eigenvalue weighted by Crippen LogP contribution is -2.24. The van der Waals surface area contributed by atoms with Crippen molar-refractivity contribution < 1.29 is 0 Å². The quantitative estimate of drug-likeness (QED) is 0.653. The summed E-state index contributed by atoms with van der Waals surface area (Å²) < 4.78 is 0. The molecule has 0 saturated heterocycles. The van der Waals surface area contributed by atoms with Crippen LogP contribution in [0.15, 0.2) is 36.5 Å². The third-order valence-electron chi connectivity index (χ3n) is 3.24. The fourth-order valence-corrected chi connectivity index (χ4v) is 2.10. The van der Waals surface area contributed by atoms with Crippen molar-refractivity contribution in [3.8, 4) is 0 Å². The number of rotatable bonds is 1. The molecule has 0 N–H and O–H groups in total. The fraction of sp³-hybridized carbons (Fsp3) is 0.385. The summed E-state index contributed by atoms with van der Waals surface area (Å²) in [6, 6.07) is 9.23. The maximum absolute atomic E-state index is 2.30. The minimum Gasteiger partial charge on any atom is -0.377 e. The Bertz CT molecular complexity index is 354. The molecule has 2 atom stereocenters. The molecule has 0 bridgehead atoms. The van der Waals surface area contributed by atoms with Crippen LogP contribution in [0.3, 0.4) is 0 Å². The first kappa shape index (κ1) is 9.32. The van der Waals surface area contributed by atoms with E-state index in [0.717, 1.165) is 0 Å². The van der Waals surface area contributed by atoms with Crippen molar-refractivity contribution in [1.82, 2.24) is 4.90 Å². The average molecular weight is 187 g/mol. The molecular formula is C13H17N. The van der Waals surface area contributed by atoms with Crippen molar-refractivity contribution in [2.45, 2.75) is 25.8 Å². The topological polar surface area (TPSA) is 3.24 Å². The lowest BCUT2D eigenvalue weighted by molar-refractivity contribution is 0.359. The minimum absolute atomic E-state index is 0.557. The van der Waals surface area contributed by atoms with Gasteiger partial charge in [-0.1, -0.05) is 30.3 Å². The van der Waals surface area contributed by atoms with Crippen LogP contribution < -0.4 is 0 Å². The van der Waals surface area contributed by atoms with E-state index in [-0.39, 0.29) is 0 Å². The highest BCUT2D eigenvalue weighted by Gasteiger charge is 2.24. The summed E-state index contributed by atoms with van der Waals surface area (Å²) in [5.41, 5.74) is 2.85. The van der Waals surface area contributed by atoms with Gasteiger partial charge in [0.15, 0.2) is 0 Å². The highest BCUT2D eigenvalue weighted by atomic mass is 15.1. The standard InChI is InChI=1S/C13H17N/c1-10-6-4-5-7-12(10)13-8-9-14(3)11(13)2/h4-9,11,13H,1-3H3/t11-,13?/m1/s1. The molecular weight excluding hydrogens is 170 g/mol. The van der Waals surface area contributed by atoms with Gasteiger partial charge < -0.3 is 4.90 Å². The molecule has 1 aromatic rings. The van der Waals surface area contributed by atoms with E-state index in [2.05, 4.69) is 62.3 Å². The molecule has 74 valence electrons. The average Bonchev–Trinajstić information content (AvgIpc) is 2.49. The van der Waals surface area contributed by atoms with Gasteiger partial charge in [0.1, 0.15) is 0 Å². The minimum atomic E-state index is 0.557. The van der Waals surface area contributed by atoms with Crippen molar-refractivity contribution in [3.63, 3.8) is 0 Å². The molecule has 1 heterocycles. The number of hydrogen-bond donors (Lipinski definition) is 0. The predicted molar refractivity (Wildman–Crippen MR) is 60.3 cm³/mol. The van der Waals surface area contributed by atoms with Gasteiger partial charge in [0.2, 0.25) is 0 Å². The molecule has 1 heteroatoms. The van der Waals surface area contributed by atoms with Crippen LogP contribution in [0.4, 0.5) is 0 Å². The van der Waals surface area contributed by atoms with Gasteiger partial charge in [0.05, 0.1) is 0 Å². The molecule has 0 aromatic heterocycles. The van der Waals surface area contributed by atoms with Crippen LogP contribution in [-0.4, -0.2) is 18.0 Å². The third-order valence-corrected chi connectivity index (χ3v) is 3.24. The van der Waals surface area contributed by atoms with Gasteiger partial charge in [-0.15, -0.1) is 0 Å². The molecule has 1 aliphatic rings. The van der Waals surface area contributed by atoms with E-state index in [0.29, 0.717) is 12.0 Å². The number of likely N-dealkylation sites (N-methyl/N-ethyl adjacent to an activating group) is 1.